The smallest absolute Gasteiger partial charge is 0.260 e. The standard InChI is InChI=1S/C15H20N4O2/c1-4-12-5-7-13(8-6-12)21-10-15(20)19(3)9-14-16-11(2)17-18-14/h5-8H,4,9-10H2,1-3H3,(H,16,17,18). The summed E-state index contributed by atoms with van der Waals surface area (Å²) >= 11 is 0. The molecule has 1 amide bonds. The fourth-order valence-electron chi connectivity index (χ4n) is 1.84. The first-order valence-corrected chi connectivity index (χ1v) is 6.92. The van der Waals surface area contributed by atoms with E-state index in [-0.39, 0.29) is 12.5 Å². The van der Waals surface area contributed by atoms with Crippen LogP contribution in [-0.2, 0) is 17.8 Å². The van der Waals surface area contributed by atoms with Crippen LogP contribution in [0.4, 0.5) is 0 Å². The molecule has 0 radical (unpaired) electrons. The molecule has 1 heterocycles. The average molecular weight is 288 g/mol. The number of rotatable bonds is 6. The topological polar surface area (TPSA) is 71.1 Å². The Hall–Kier alpha value is -2.37. The predicted octanol–water partition coefficient (Wildman–Crippen LogP) is 1.71. The molecule has 21 heavy (non-hydrogen) atoms. The molecule has 112 valence electrons. The molecule has 1 N–H and O–H groups in total. The molecule has 0 saturated carbocycles. The number of carbonyl (C=O) groups is 1. The minimum atomic E-state index is -0.114. The summed E-state index contributed by atoms with van der Waals surface area (Å²) in [5.74, 6) is 1.91. The number of carbonyl (C=O) groups excluding carboxylic acids is 1. The maximum atomic E-state index is 12.0. The Bertz CT molecular complexity index is 592. The van der Waals surface area contributed by atoms with Gasteiger partial charge in [0.15, 0.2) is 12.4 Å². The van der Waals surface area contributed by atoms with Gasteiger partial charge < -0.3 is 9.64 Å². The molecule has 0 bridgehead atoms. The number of hydrogen-bond donors (Lipinski definition) is 1. The Kier molecular flexibility index (Phi) is 4.92. The minimum Gasteiger partial charge on any atom is -0.484 e. The van der Waals surface area contributed by atoms with E-state index in [1.54, 1.807) is 11.9 Å². The lowest BCUT2D eigenvalue weighted by molar-refractivity contribution is -0.132. The van der Waals surface area contributed by atoms with Crippen LogP contribution in [0.3, 0.4) is 0 Å². The van der Waals surface area contributed by atoms with Gasteiger partial charge in [0.05, 0.1) is 6.54 Å². The van der Waals surface area contributed by atoms with E-state index in [0.717, 1.165) is 12.2 Å². The highest BCUT2D eigenvalue weighted by Crippen LogP contribution is 2.12. The van der Waals surface area contributed by atoms with Gasteiger partial charge in [-0.05, 0) is 31.0 Å². The number of hydrogen-bond acceptors (Lipinski definition) is 4. The van der Waals surface area contributed by atoms with Crippen molar-refractivity contribution in [2.24, 2.45) is 0 Å². The van der Waals surface area contributed by atoms with Crippen LogP contribution in [0.1, 0.15) is 24.1 Å². The van der Waals surface area contributed by atoms with Crippen molar-refractivity contribution >= 4 is 5.91 Å². The van der Waals surface area contributed by atoms with Crippen molar-refractivity contribution in [2.45, 2.75) is 26.8 Å². The Labute approximate surface area is 124 Å². The third kappa shape index (κ3) is 4.30. The number of aryl methyl sites for hydroxylation is 2. The van der Waals surface area contributed by atoms with Gasteiger partial charge in [-0.2, -0.15) is 5.10 Å². The Morgan fingerprint density at radius 1 is 1.33 bits per heavy atom. The highest BCUT2D eigenvalue weighted by Gasteiger charge is 2.12. The summed E-state index contributed by atoms with van der Waals surface area (Å²) in [6, 6.07) is 7.76. The summed E-state index contributed by atoms with van der Waals surface area (Å²) in [5, 5.41) is 6.76. The first-order chi connectivity index (χ1) is 10.1. The maximum Gasteiger partial charge on any atom is 0.260 e. The third-order valence-electron chi connectivity index (χ3n) is 3.14. The largest absolute Gasteiger partial charge is 0.484 e. The summed E-state index contributed by atoms with van der Waals surface area (Å²) in [6.45, 7) is 4.28. The Balaban J connectivity index is 1.82. The molecule has 0 saturated heterocycles. The van der Waals surface area contributed by atoms with Gasteiger partial charge in [0, 0.05) is 7.05 Å². The van der Waals surface area contributed by atoms with E-state index in [2.05, 4.69) is 22.1 Å². The van der Waals surface area contributed by atoms with Crippen LogP contribution in [0.5, 0.6) is 5.75 Å². The Morgan fingerprint density at radius 3 is 2.62 bits per heavy atom. The number of amides is 1. The number of benzene rings is 1. The molecule has 6 heteroatoms. The number of nitrogens with zero attached hydrogens (tertiary/aromatic N) is 3. The van der Waals surface area contributed by atoms with Gasteiger partial charge in [-0.25, -0.2) is 4.98 Å². The molecule has 2 aromatic rings. The van der Waals surface area contributed by atoms with Crippen LogP contribution < -0.4 is 4.74 Å². The van der Waals surface area contributed by atoms with Crippen molar-refractivity contribution in [1.82, 2.24) is 20.1 Å². The zero-order chi connectivity index (χ0) is 15.2. The molecule has 0 spiro atoms. The van der Waals surface area contributed by atoms with Crippen molar-refractivity contribution in [2.75, 3.05) is 13.7 Å². The van der Waals surface area contributed by atoms with Crippen molar-refractivity contribution in [3.8, 4) is 5.75 Å². The van der Waals surface area contributed by atoms with Crippen LogP contribution in [0.2, 0.25) is 0 Å². The van der Waals surface area contributed by atoms with Crippen molar-refractivity contribution < 1.29 is 9.53 Å². The second kappa shape index (κ2) is 6.88. The maximum absolute atomic E-state index is 12.0. The van der Waals surface area contributed by atoms with Gasteiger partial charge in [-0.3, -0.25) is 9.89 Å². The summed E-state index contributed by atoms with van der Waals surface area (Å²) in [4.78, 5) is 17.7. The van der Waals surface area contributed by atoms with E-state index in [1.807, 2.05) is 31.2 Å². The summed E-state index contributed by atoms with van der Waals surface area (Å²) < 4.78 is 5.49. The molecule has 1 aromatic carbocycles. The summed E-state index contributed by atoms with van der Waals surface area (Å²) in [6.07, 6.45) is 0.984. The lowest BCUT2D eigenvalue weighted by atomic mass is 10.2. The van der Waals surface area contributed by atoms with Crippen LogP contribution in [0.15, 0.2) is 24.3 Å². The van der Waals surface area contributed by atoms with Gasteiger partial charge in [0.2, 0.25) is 0 Å². The van der Waals surface area contributed by atoms with Crippen LogP contribution in [-0.4, -0.2) is 39.6 Å². The number of H-pyrrole nitrogens is 1. The number of nitrogens with one attached hydrogen (secondary N) is 1. The van der Waals surface area contributed by atoms with Crippen molar-refractivity contribution in [3.05, 3.63) is 41.5 Å². The number of ether oxygens (including phenoxy) is 1. The molecule has 6 nitrogen and oxygen atoms in total. The second-order valence-corrected chi connectivity index (χ2v) is 4.87. The molecule has 0 atom stereocenters. The lowest BCUT2D eigenvalue weighted by Crippen LogP contribution is -2.31. The average Bonchev–Trinajstić information content (AvgIpc) is 2.90. The fourth-order valence-corrected chi connectivity index (χ4v) is 1.84. The SMILES string of the molecule is CCc1ccc(OCC(=O)N(C)Cc2n[nH]c(C)n2)cc1. The third-order valence-corrected chi connectivity index (χ3v) is 3.14. The zero-order valence-corrected chi connectivity index (χ0v) is 12.6. The van der Waals surface area contributed by atoms with Gasteiger partial charge in [-0.1, -0.05) is 19.1 Å². The minimum absolute atomic E-state index is 0.00533. The molecule has 0 aliphatic carbocycles. The quantitative estimate of drug-likeness (QED) is 0.878. The van der Waals surface area contributed by atoms with E-state index >= 15 is 0 Å². The fraction of sp³-hybridized carbons (Fsp3) is 0.400. The molecular weight excluding hydrogens is 268 g/mol. The molecule has 2 rings (SSSR count). The Morgan fingerprint density at radius 2 is 2.05 bits per heavy atom. The first-order valence-electron chi connectivity index (χ1n) is 6.92. The number of likely N-dealkylation sites (N-methyl/N-ethyl adjacent to an activating group) is 1. The van der Waals surface area contributed by atoms with Crippen LogP contribution >= 0.6 is 0 Å². The van der Waals surface area contributed by atoms with E-state index < -0.39 is 0 Å². The molecule has 0 fully saturated rings. The summed E-state index contributed by atoms with van der Waals surface area (Å²) in [7, 11) is 1.71. The van der Waals surface area contributed by atoms with Gasteiger partial charge in [0.1, 0.15) is 11.6 Å². The van der Waals surface area contributed by atoms with Gasteiger partial charge in [0.25, 0.3) is 5.91 Å². The number of aromatic amines is 1. The second-order valence-electron chi connectivity index (χ2n) is 4.87. The molecule has 1 aromatic heterocycles. The molecule has 0 aliphatic heterocycles. The van der Waals surface area contributed by atoms with E-state index in [0.29, 0.717) is 18.1 Å². The highest BCUT2D eigenvalue weighted by atomic mass is 16.5. The monoisotopic (exact) mass is 288 g/mol. The predicted molar refractivity (Wildman–Crippen MR) is 78.9 cm³/mol. The molecule has 0 unspecified atom stereocenters. The van der Waals surface area contributed by atoms with Gasteiger partial charge in [-0.15, -0.1) is 0 Å². The highest BCUT2D eigenvalue weighted by molar-refractivity contribution is 5.77. The van der Waals surface area contributed by atoms with Crippen molar-refractivity contribution in [3.63, 3.8) is 0 Å². The van der Waals surface area contributed by atoms with E-state index in [1.165, 1.54) is 5.56 Å². The van der Waals surface area contributed by atoms with Gasteiger partial charge >= 0.3 is 0 Å². The molecular formula is C15H20N4O2. The van der Waals surface area contributed by atoms with Crippen LogP contribution in [0, 0.1) is 6.92 Å². The normalized spacial score (nSPS) is 10.4. The first kappa shape index (κ1) is 15.0. The number of aromatic nitrogens is 3. The molecule has 0 aliphatic rings. The lowest BCUT2D eigenvalue weighted by Gasteiger charge is -2.15. The van der Waals surface area contributed by atoms with E-state index in [4.69, 9.17) is 4.74 Å². The summed E-state index contributed by atoms with van der Waals surface area (Å²) in [5.41, 5.74) is 1.24. The van der Waals surface area contributed by atoms with Crippen molar-refractivity contribution in [1.29, 1.82) is 0 Å². The van der Waals surface area contributed by atoms with E-state index in [9.17, 15) is 4.79 Å². The zero-order valence-electron chi connectivity index (χ0n) is 12.6. The van der Waals surface area contributed by atoms with Crippen LogP contribution in [0.25, 0.3) is 0 Å².